The minimum absolute atomic E-state index is 0.168. The van der Waals surface area contributed by atoms with Gasteiger partial charge >= 0.3 is 0 Å². The molecule has 0 aromatic carbocycles. The van der Waals surface area contributed by atoms with Gasteiger partial charge in [-0.1, -0.05) is 32.0 Å². The second-order valence-electron chi connectivity index (χ2n) is 5.80. The highest BCUT2D eigenvalue weighted by Crippen LogP contribution is 2.18. The van der Waals surface area contributed by atoms with Crippen molar-refractivity contribution < 1.29 is 5.11 Å². The first-order valence-electron chi connectivity index (χ1n) is 7.26. The Morgan fingerprint density at radius 1 is 1.40 bits per heavy atom. The lowest BCUT2D eigenvalue weighted by Crippen LogP contribution is -2.49. The average Bonchev–Trinajstić information content (AvgIpc) is 2.37. The summed E-state index contributed by atoms with van der Waals surface area (Å²) in [6, 6.07) is 2.30. The number of nitrogens with zero attached hydrogens (tertiary/aromatic N) is 2. The monoisotopic (exact) mass is 297 g/mol. The van der Waals surface area contributed by atoms with Crippen LogP contribution >= 0.6 is 11.8 Å². The molecule has 0 bridgehead atoms. The number of aryl methyl sites for hydroxylation is 1. The predicted molar refractivity (Wildman–Crippen MR) is 85.1 cm³/mol. The Labute approximate surface area is 126 Å². The molecule has 0 spiro atoms. The van der Waals surface area contributed by atoms with Gasteiger partial charge in [0.05, 0.1) is 6.61 Å². The number of hydrogen-bond donors (Lipinski definition) is 2. The molecule has 1 unspecified atom stereocenters. The third-order valence-corrected chi connectivity index (χ3v) is 4.06. The van der Waals surface area contributed by atoms with Gasteiger partial charge in [-0.25, -0.2) is 9.97 Å². The van der Waals surface area contributed by atoms with E-state index in [1.807, 2.05) is 13.0 Å². The van der Waals surface area contributed by atoms with E-state index in [1.165, 1.54) is 0 Å². The van der Waals surface area contributed by atoms with Crippen molar-refractivity contribution in [2.45, 2.75) is 63.7 Å². The molecule has 0 aliphatic rings. The van der Waals surface area contributed by atoms with Gasteiger partial charge in [0.25, 0.3) is 0 Å². The first kappa shape index (κ1) is 17.4. The zero-order valence-electron chi connectivity index (χ0n) is 13.0. The Kier molecular flexibility index (Phi) is 7.48. The van der Waals surface area contributed by atoms with E-state index >= 15 is 0 Å². The maximum Gasteiger partial charge on any atom is 0.187 e. The molecule has 1 heterocycles. The fourth-order valence-electron chi connectivity index (χ4n) is 2.17. The van der Waals surface area contributed by atoms with Crippen molar-refractivity contribution in [2.75, 3.05) is 12.4 Å². The SMILES string of the molecule is Cc1ccnc(SCCCCC(C)(CO)NC(C)C)n1. The zero-order chi connectivity index (χ0) is 15.0. The molecule has 2 N–H and O–H groups in total. The second kappa shape index (κ2) is 8.60. The highest BCUT2D eigenvalue weighted by molar-refractivity contribution is 7.99. The smallest absolute Gasteiger partial charge is 0.187 e. The van der Waals surface area contributed by atoms with Gasteiger partial charge in [0.15, 0.2) is 5.16 Å². The fraction of sp³-hybridized carbons (Fsp3) is 0.733. The molecule has 5 heteroatoms. The summed E-state index contributed by atoms with van der Waals surface area (Å²) >= 11 is 1.70. The van der Waals surface area contributed by atoms with Gasteiger partial charge in [0.2, 0.25) is 0 Å². The second-order valence-corrected chi connectivity index (χ2v) is 6.87. The van der Waals surface area contributed by atoms with Crippen LogP contribution in [0.3, 0.4) is 0 Å². The molecule has 0 saturated heterocycles. The lowest BCUT2D eigenvalue weighted by atomic mass is 9.95. The number of nitrogens with one attached hydrogen (secondary N) is 1. The van der Waals surface area contributed by atoms with Crippen LogP contribution in [-0.2, 0) is 0 Å². The van der Waals surface area contributed by atoms with E-state index in [0.29, 0.717) is 6.04 Å². The molecule has 114 valence electrons. The van der Waals surface area contributed by atoms with Crippen LogP contribution in [0.2, 0.25) is 0 Å². The van der Waals surface area contributed by atoms with Crippen molar-refractivity contribution in [3.05, 3.63) is 18.0 Å². The van der Waals surface area contributed by atoms with Crippen LogP contribution in [0.5, 0.6) is 0 Å². The zero-order valence-corrected chi connectivity index (χ0v) is 13.8. The van der Waals surface area contributed by atoms with E-state index in [9.17, 15) is 5.11 Å². The molecule has 4 nitrogen and oxygen atoms in total. The number of rotatable bonds is 9. The Balaban J connectivity index is 2.24. The van der Waals surface area contributed by atoms with Gasteiger partial charge in [-0.15, -0.1) is 0 Å². The maximum absolute atomic E-state index is 9.51. The molecule has 1 rings (SSSR count). The average molecular weight is 297 g/mol. The summed E-state index contributed by atoms with van der Waals surface area (Å²) in [7, 11) is 0. The molecule has 1 aromatic heterocycles. The van der Waals surface area contributed by atoms with Crippen LogP contribution < -0.4 is 5.32 Å². The lowest BCUT2D eigenvalue weighted by Gasteiger charge is -2.31. The first-order valence-corrected chi connectivity index (χ1v) is 8.25. The number of aliphatic hydroxyl groups is 1. The normalized spacial score (nSPS) is 14.5. The van der Waals surface area contributed by atoms with E-state index in [0.717, 1.165) is 35.9 Å². The summed E-state index contributed by atoms with van der Waals surface area (Å²) in [5.74, 6) is 1.02. The largest absolute Gasteiger partial charge is 0.394 e. The minimum atomic E-state index is -0.168. The van der Waals surface area contributed by atoms with Gasteiger partial charge in [-0.05, 0) is 32.8 Å². The quantitative estimate of drug-likeness (QED) is 0.417. The van der Waals surface area contributed by atoms with E-state index in [1.54, 1.807) is 18.0 Å². The Hall–Kier alpha value is -0.650. The van der Waals surface area contributed by atoms with Crippen molar-refractivity contribution in [1.29, 1.82) is 0 Å². The molecule has 1 aromatic rings. The molecule has 0 radical (unpaired) electrons. The Morgan fingerprint density at radius 2 is 2.15 bits per heavy atom. The molecule has 0 amide bonds. The van der Waals surface area contributed by atoms with Crippen molar-refractivity contribution >= 4 is 11.8 Å². The maximum atomic E-state index is 9.51. The van der Waals surface area contributed by atoms with Gasteiger partial charge < -0.3 is 10.4 Å². The van der Waals surface area contributed by atoms with Crippen LogP contribution in [0.15, 0.2) is 17.4 Å². The first-order chi connectivity index (χ1) is 9.45. The number of unbranched alkanes of at least 4 members (excludes halogenated alkanes) is 1. The molecule has 0 aliphatic heterocycles. The third-order valence-electron chi connectivity index (χ3n) is 3.11. The van der Waals surface area contributed by atoms with Crippen LogP contribution in [-0.4, -0.2) is 39.0 Å². The summed E-state index contributed by atoms with van der Waals surface area (Å²) in [6.45, 7) is 8.47. The summed E-state index contributed by atoms with van der Waals surface area (Å²) in [5.41, 5.74) is 0.843. The molecule has 0 aliphatic carbocycles. The van der Waals surface area contributed by atoms with Crippen LogP contribution in [0.4, 0.5) is 0 Å². The van der Waals surface area contributed by atoms with Gasteiger partial charge in [-0.2, -0.15) is 0 Å². The highest BCUT2D eigenvalue weighted by Gasteiger charge is 2.22. The van der Waals surface area contributed by atoms with Crippen molar-refractivity contribution in [1.82, 2.24) is 15.3 Å². The number of aliphatic hydroxyl groups excluding tert-OH is 1. The van der Waals surface area contributed by atoms with Gasteiger partial charge in [0.1, 0.15) is 0 Å². The molecule has 20 heavy (non-hydrogen) atoms. The fourth-order valence-corrected chi connectivity index (χ4v) is 3.04. The van der Waals surface area contributed by atoms with Gasteiger partial charge in [-0.3, -0.25) is 0 Å². The van der Waals surface area contributed by atoms with E-state index in [-0.39, 0.29) is 12.1 Å². The van der Waals surface area contributed by atoms with Crippen molar-refractivity contribution in [2.24, 2.45) is 0 Å². The molecule has 1 atom stereocenters. The number of thioether (sulfide) groups is 1. The Bertz CT molecular complexity index is 400. The summed E-state index contributed by atoms with van der Waals surface area (Å²) < 4.78 is 0. The number of aromatic nitrogens is 2. The van der Waals surface area contributed by atoms with Gasteiger partial charge in [0, 0.05) is 29.2 Å². The Morgan fingerprint density at radius 3 is 2.75 bits per heavy atom. The minimum Gasteiger partial charge on any atom is -0.394 e. The molecule has 0 saturated carbocycles. The standard InChI is InChI=1S/C15H27N3OS/c1-12(2)18-15(4,11-19)8-5-6-10-20-14-16-9-7-13(3)17-14/h7,9,12,18-19H,5-6,8,10-11H2,1-4H3. The summed E-state index contributed by atoms with van der Waals surface area (Å²) in [6.07, 6.45) is 4.99. The van der Waals surface area contributed by atoms with E-state index in [4.69, 9.17) is 0 Å². The summed E-state index contributed by atoms with van der Waals surface area (Å²) in [5, 5.41) is 13.8. The number of hydrogen-bond acceptors (Lipinski definition) is 5. The van der Waals surface area contributed by atoms with Crippen molar-refractivity contribution in [3.63, 3.8) is 0 Å². The third kappa shape index (κ3) is 6.68. The van der Waals surface area contributed by atoms with E-state index in [2.05, 4.69) is 36.1 Å². The van der Waals surface area contributed by atoms with Crippen LogP contribution in [0.25, 0.3) is 0 Å². The summed E-state index contributed by atoms with van der Waals surface area (Å²) in [4.78, 5) is 8.62. The van der Waals surface area contributed by atoms with Crippen LogP contribution in [0.1, 0.15) is 45.7 Å². The van der Waals surface area contributed by atoms with E-state index < -0.39 is 0 Å². The molecular formula is C15H27N3OS. The lowest BCUT2D eigenvalue weighted by molar-refractivity contribution is 0.154. The molecule has 0 fully saturated rings. The van der Waals surface area contributed by atoms with Crippen molar-refractivity contribution in [3.8, 4) is 0 Å². The highest BCUT2D eigenvalue weighted by atomic mass is 32.2. The topological polar surface area (TPSA) is 58.0 Å². The van der Waals surface area contributed by atoms with Crippen LogP contribution in [0, 0.1) is 6.92 Å². The molecular weight excluding hydrogens is 270 g/mol. The predicted octanol–water partition coefficient (Wildman–Crippen LogP) is 2.80.